The van der Waals surface area contributed by atoms with Crippen LogP contribution in [0.3, 0.4) is 0 Å². The lowest BCUT2D eigenvalue weighted by Crippen LogP contribution is -2.45. The molecule has 12 nitrogen and oxygen atoms in total. The van der Waals surface area contributed by atoms with Crippen molar-refractivity contribution >= 4 is 23.6 Å². The zero-order valence-corrected chi connectivity index (χ0v) is 28.6. The van der Waals surface area contributed by atoms with E-state index in [1.54, 1.807) is 24.3 Å². The van der Waals surface area contributed by atoms with Crippen LogP contribution < -0.4 is 21.7 Å². The summed E-state index contributed by atoms with van der Waals surface area (Å²) in [4.78, 5) is 56.4. The average molecular weight is 669 g/mol. The summed E-state index contributed by atoms with van der Waals surface area (Å²) in [5.74, 6) is -0.342. The molecule has 1 aromatic rings. The highest BCUT2D eigenvalue weighted by Gasteiger charge is 2.42. The highest BCUT2D eigenvalue weighted by molar-refractivity contribution is 5.90. The fraction of sp³-hybridized carbons (Fsp3) is 0.750. The Morgan fingerprint density at radius 3 is 2.19 bits per heavy atom. The van der Waals surface area contributed by atoms with E-state index >= 15 is 0 Å². The lowest BCUT2D eigenvalue weighted by molar-refractivity contribution is -0.128. The molecule has 0 radical (unpaired) electrons. The van der Waals surface area contributed by atoms with Crippen molar-refractivity contribution in [1.82, 2.24) is 25.8 Å². The Balaban J connectivity index is 0.872. The van der Waals surface area contributed by atoms with Crippen molar-refractivity contribution in [3.8, 4) is 0 Å². The minimum atomic E-state index is -0.447. The van der Waals surface area contributed by atoms with Crippen molar-refractivity contribution in [2.75, 3.05) is 26.8 Å². The van der Waals surface area contributed by atoms with Crippen LogP contribution in [0.2, 0.25) is 0 Å². The molecule has 5 N–H and O–H groups in total. The van der Waals surface area contributed by atoms with Gasteiger partial charge in [0.25, 0.3) is 0 Å². The predicted octanol–water partition coefficient (Wildman–Crippen LogP) is 2.90. The summed E-state index contributed by atoms with van der Waals surface area (Å²) in [6, 6.07) is 4.10. The van der Waals surface area contributed by atoms with Crippen LogP contribution in [-0.2, 0) is 28.7 Å². The van der Waals surface area contributed by atoms with E-state index in [-0.39, 0.29) is 72.3 Å². The summed E-state index contributed by atoms with van der Waals surface area (Å²) in [5.41, 5.74) is 6.85. The quantitative estimate of drug-likeness (QED) is 0.220. The topological polar surface area (TPSA) is 165 Å². The SMILES string of the molecule is CN1C(=O)C[C@H](C(=O)NCCO[C@H]2CC[C@H](OCCCC(=O)N[C@H]3CC[C@H](C(=O)NC4CCC(N)CC4)CC3)CC2)[C@H]1c1cccnc1. The number of amides is 4. The number of rotatable bonds is 14. The van der Waals surface area contributed by atoms with Gasteiger partial charge in [-0.3, -0.25) is 24.2 Å². The van der Waals surface area contributed by atoms with Gasteiger partial charge in [0.05, 0.1) is 30.8 Å². The minimum Gasteiger partial charge on any atom is -0.378 e. The van der Waals surface area contributed by atoms with E-state index in [1.165, 1.54) is 0 Å². The van der Waals surface area contributed by atoms with Crippen molar-refractivity contribution < 1.29 is 28.7 Å². The number of nitrogens with one attached hydrogen (secondary N) is 3. The molecule has 0 bridgehead atoms. The number of carbonyl (C=O) groups is 4. The molecule has 0 spiro atoms. The third-order valence-corrected chi connectivity index (χ3v) is 10.8. The van der Waals surface area contributed by atoms with Crippen LogP contribution in [-0.4, -0.2) is 90.7 Å². The molecule has 5 rings (SSSR count). The standard InChI is InChI=1S/C36H56N6O6/c1-42-33(44)22-31(34(42)25-4-2-18-38-23-25)36(46)39-19-21-48-30-16-14-29(15-17-30)47-20-3-5-32(43)40-27-10-6-24(7-11-27)35(45)41-28-12-8-26(37)9-13-28/h2,4,18,23-24,26-31,34H,3,5-17,19-22,37H2,1H3,(H,39,46)(H,40,43)(H,41,45)/t24-,26?,27-,28?,29-,30-,31-,34+/m0/s1. The molecule has 3 aliphatic carbocycles. The summed E-state index contributed by atoms with van der Waals surface area (Å²) < 4.78 is 12.1. The first-order chi connectivity index (χ1) is 23.3. The molecule has 2 atom stereocenters. The number of hydrogen-bond donors (Lipinski definition) is 4. The lowest BCUT2D eigenvalue weighted by Gasteiger charge is -2.31. The van der Waals surface area contributed by atoms with Crippen molar-refractivity contribution in [3.05, 3.63) is 30.1 Å². The largest absolute Gasteiger partial charge is 0.378 e. The van der Waals surface area contributed by atoms with Gasteiger partial charge in [0.2, 0.25) is 23.6 Å². The first-order valence-corrected chi connectivity index (χ1v) is 18.3. The normalized spacial score (nSPS) is 30.9. The van der Waals surface area contributed by atoms with Crippen LogP contribution in [0, 0.1) is 11.8 Å². The van der Waals surface area contributed by atoms with Gasteiger partial charge in [0, 0.05) is 69.5 Å². The van der Waals surface area contributed by atoms with E-state index in [1.807, 2.05) is 12.1 Å². The van der Waals surface area contributed by atoms with Gasteiger partial charge in [0.15, 0.2) is 0 Å². The molecule has 0 unspecified atom stereocenters. The van der Waals surface area contributed by atoms with Crippen molar-refractivity contribution in [2.45, 2.75) is 133 Å². The number of carbonyl (C=O) groups excluding carboxylic acids is 4. The van der Waals surface area contributed by atoms with Crippen LogP contribution in [0.4, 0.5) is 0 Å². The molecule has 4 fully saturated rings. The Hall–Kier alpha value is -3.09. The molecule has 1 saturated heterocycles. The molecular formula is C36H56N6O6. The second kappa shape index (κ2) is 18.1. The van der Waals surface area contributed by atoms with E-state index in [9.17, 15) is 19.2 Å². The van der Waals surface area contributed by atoms with Gasteiger partial charge in [-0.15, -0.1) is 0 Å². The molecule has 48 heavy (non-hydrogen) atoms. The summed E-state index contributed by atoms with van der Waals surface area (Å²) in [7, 11) is 1.74. The van der Waals surface area contributed by atoms with Gasteiger partial charge in [-0.25, -0.2) is 0 Å². The van der Waals surface area contributed by atoms with Gasteiger partial charge >= 0.3 is 0 Å². The molecule has 1 aromatic heterocycles. The number of nitrogens with zero attached hydrogens (tertiary/aromatic N) is 2. The van der Waals surface area contributed by atoms with Gasteiger partial charge in [-0.1, -0.05) is 6.07 Å². The third kappa shape index (κ3) is 10.5. The van der Waals surface area contributed by atoms with Crippen molar-refractivity contribution in [2.24, 2.45) is 17.6 Å². The van der Waals surface area contributed by atoms with Gasteiger partial charge in [0.1, 0.15) is 0 Å². The van der Waals surface area contributed by atoms with Gasteiger partial charge < -0.3 is 36.1 Å². The van der Waals surface area contributed by atoms with E-state index in [0.717, 1.165) is 82.6 Å². The highest BCUT2D eigenvalue weighted by Crippen LogP contribution is 2.36. The van der Waals surface area contributed by atoms with Crippen LogP contribution in [0.15, 0.2) is 24.5 Å². The monoisotopic (exact) mass is 668 g/mol. The predicted molar refractivity (Wildman–Crippen MR) is 180 cm³/mol. The lowest BCUT2D eigenvalue weighted by atomic mass is 9.84. The van der Waals surface area contributed by atoms with Crippen LogP contribution in [0.25, 0.3) is 0 Å². The second-order valence-electron chi connectivity index (χ2n) is 14.3. The minimum absolute atomic E-state index is 0.0418. The second-order valence-corrected chi connectivity index (χ2v) is 14.3. The first kappa shape index (κ1) is 36.2. The molecule has 266 valence electrons. The molecular weight excluding hydrogens is 612 g/mol. The number of hydrogen-bond acceptors (Lipinski definition) is 8. The number of ether oxygens (including phenoxy) is 2. The van der Waals surface area contributed by atoms with Gasteiger partial charge in [-0.05, 0) is 95.1 Å². The molecule has 4 amide bonds. The van der Waals surface area contributed by atoms with E-state index < -0.39 is 5.92 Å². The summed E-state index contributed by atoms with van der Waals surface area (Å²) in [5, 5.41) is 9.36. The average Bonchev–Trinajstić information content (AvgIpc) is 3.40. The number of pyridine rings is 1. The number of aromatic nitrogens is 1. The summed E-state index contributed by atoms with van der Waals surface area (Å²) in [6.45, 7) is 1.39. The Labute approximate surface area is 285 Å². The Morgan fingerprint density at radius 2 is 1.52 bits per heavy atom. The maximum absolute atomic E-state index is 13.0. The van der Waals surface area contributed by atoms with E-state index in [2.05, 4.69) is 20.9 Å². The Bertz CT molecular complexity index is 1190. The third-order valence-electron chi connectivity index (χ3n) is 10.8. The molecule has 2 heterocycles. The fourth-order valence-electron chi connectivity index (χ4n) is 7.87. The molecule has 1 aliphatic heterocycles. The summed E-state index contributed by atoms with van der Waals surface area (Å²) >= 11 is 0. The molecule has 12 heteroatoms. The highest BCUT2D eigenvalue weighted by atomic mass is 16.5. The number of likely N-dealkylation sites (tertiary alicyclic amines) is 1. The van der Waals surface area contributed by atoms with Crippen LogP contribution in [0.5, 0.6) is 0 Å². The van der Waals surface area contributed by atoms with Crippen molar-refractivity contribution in [3.63, 3.8) is 0 Å². The number of nitrogens with two attached hydrogens (primary N) is 1. The maximum atomic E-state index is 13.0. The van der Waals surface area contributed by atoms with Crippen LogP contribution >= 0.6 is 0 Å². The maximum Gasteiger partial charge on any atom is 0.226 e. The smallest absolute Gasteiger partial charge is 0.226 e. The van der Waals surface area contributed by atoms with E-state index in [4.69, 9.17) is 15.2 Å². The Morgan fingerprint density at radius 1 is 0.875 bits per heavy atom. The zero-order valence-electron chi connectivity index (χ0n) is 28.6. The zero-order chi connectivity index (χ0) is 33.9. The van der Waals surface area contributed by atoms with E-state index in [0.29, 0.717) is 32.6 Å². The first-order valence-electron chi connectivity index (χ1n) is 18.3. The Kier molecular flexibility index (Phi) is 13.6. The molecule has 3 saturated carbocycles. The van der Waals surface area contributed by atoms with Crippen LogP contribution in [0.1, 0.15) is 108 Å². The summed E-state index contributed by atoms with van der Waals surface area (Å²) in [6.07, 6.45) is 15.9. The van der Waals surface area contributed by atoms with Gasteiger partial charge in [-0.2, -0.15) is 0 Å². The van der Waals surface area contributed by atoms with Crippen molar-refractivity contribution in [1.29, 1.82) is 0 Å². The fourth-order valence-corrected chi connectivity index (χ4v) is 7.87. The molecule has 0 aromatic carbocycles. The molecule has 4 aliphatic rings.